The van der Waals surface area contributed by atoms with Gasteiger partial charge in [0.15, 0.2) is 0 Å². The van der Waals surface area contributed by atoms with Crippen molar-refractivity contribution >= 4 is 15.9 Å². The number of para-hydroxylation sites is 1. The van der Waals surface area contributed by atoms with Crippen molar-refractivity contribution in [2.75, 3.05) is 11.9 Å². The molecule has 15 heavy (non-hydrogen) atoms. The first-order chi connectivity index (χ1) is 7.26. The van der Waals surface area contributed by atoms with E-state index in [0.717, 1.165) is 30.5 Å². The van der Waals surface area contributed by atoms with Crippen molar-refractivity contribution in [1.29, 1.82) is 0 Å². The number of halogens is 1. The van der Waals surface area contributed by atoms with Crippen molar-refractivity contribution in [2.24, 2.45) is 5.41 Å². The van der Waals surface area contributed by atoms with Crippen LogP contribution < -0.4 is 4.74 Å². The Balaban J connectivity index is 2.54. The van der Waals surface area contributed by atoms with Crippen LogP contribution in [0.2, 0.25) is 0 Å². The number of alkyl halides is 1. The average Bonchev–Trinajstić information content (AvgIpc) is 2.33. The monoisotopic (exact) mass is 270 g/mol. The summed E-state index contributed by atoms with van der Waals surface area (Å²) in [6, 6.07) is 10.0. The molecule has 0 aromatic heterocycles. The first-order valence-corrected chi connectivity index (χ1v) is 6.62. The smallest absolute Gasteiger partial charge is 0.119 e. The summed E-state index contributed by atoms with van der Waals surface area (Å²) in [4.78, 5) is 0. The maximum atomic E-state index is 5.81. The topological polar surface area (TPSA) is 9.23 Å². The second-order valence-electron chi connectivity index (χ2n) is 3.94. The zero-order valence-corrected chi connectivity index (χ0v) is 11.1. The number of rotatable bonds is 6. The lowest BCUT2D eigenvalue weighted by atomic mass is 9.86. The molecule has 2 heteroatoms. The number of hydrogen-bond donors (Lipinski definition) is 0. The zero-order valence-electron chi connectivity index (χ0n) is 9.50. The van der Waals surface area contributed by atoms with Crippen molar-refractivity contribution < 1.29 is 4.74 Å². The summed E-state index contributed by atoms with van der Waals surface area (Å²) >= 11 is 3.59. The predicted molar refractivity (Wildman–Crippen MR) is 68.7 cm³/mol. The highest BCUT2D eigenvalue weighted by atomic mass is 79.9. The minimum Gasteiger partial charge on any atom is -0.493 e. The Bertz CT molecular complexity index is 259. The lowest BCUT2D eigenvalue weighted by Crippen LogP contribution is -2.28. The third-order valence-corrected chi connectivity index (χ3v) is 4.26. The van der Waals surface area contributed by atoms with E-state index in [1.807, 2.05) is 30.3 Å². The molecule has 0 bridgehead atoms. The fourth-order valence-corrected chi connectivity index (χ4v) is 2.39. The largest absolute Gasteiger partial charge is 0.493 e. The molecule has 0 atom stereocenters. The van der Waals surface area contributed by atoms with E-state index in [-0.39, 0.29) is 5.41 Å². The van der Waals surface area contributed by atoms with Gasteiger partial charge in [0.05, 0.1) is 6.61 Å². The Morgan fingerprint density at radius 3 is 2.20 bits per heavy atom. The predicted octanol–water partition coefficient (Wildman–Crippen LogP) is 4.27. The first-order valence-electron chi connectivity index (χ1n) is 5.50. The molecule has 0 amide bonds. The maximum Gasteiger partial charge on any atom is 0.119 e. The Morgan fingerprint density at radius 2 is 1.73 bits per heavy atom. The van der Waals surface area contributed by atoms with E-state index in [1.54, 1.807) is 0 Å². The van der Waals surface area contributed by atoms with Crippen LogP contribution in [-0.4, -0.2) is 11.9 Å². The van der Waals surface area contributed by atoms with Crippen LogP contribution in [0.15, 0.2) is 30.3 Å². The van der Waals surface area contributed by atoms with Gasteiger partial charge in [-0.15, -0.1) is 0 Å². The van der Waals surface area contributed by atoms with Crippen LogP contribution in [0.3, 0.4) is 0 Å². The third-order valence-electron chi connectivity index (χ3n) is 3.07. The summed E-state index contributed by atoms with van der Waals surface area (Å²) in [6.45, 7) is 5.23. The van der Waals surface area contributed by atoms with Crippen LogP contribution in [-0.2, 0) is 0 Å². The van der Waals surface area contributed by atoms with Crippen molar-refractivity contribution in [3.8, 4) is 5.75 Å². The van der Waals surface area contributed by atoms with Gasteiger partial charge in [0, 0.05) is 10.7 Å². The van der Waals surface area contributed by atoms with Crippen LogP contribution in [0.1, 0.15) is 26.7 Å². The van der Waals surface area contributed by atoms with Crippen molar-refractivity contribution in [3.05, 3.63) is 30.3 Å². The highest BCUT2D eigenvalue weighted by molar-refractivity contribution is 9.09. The van der Waals surface area contributed by atoms with Crippen LogP contribution in [0.25, 0.3) is 0 Å². The number of benzene rings is 1. The van der Waals surface area contributed by atoms with Gasteiger partial charge in [-0.05, 0) is 25.0 Å². The molecule has 1 aromatic rings. The van der Waals surface area contributed by atoms with Gasteiger partial charge in [-0.1, -0.05) is 48.0 Å². The summed E-state index contributed by atoms with van der Waals surface area (Å²) in [6.07, 6.45) is 2.28. The molecule has 0 radical (unpaired) electrons. The molecular weight excluding hydrogens is 252 g/mol. The van der Waals surface area contributed by atoms with Gasteiger partial charge in [-0.25, -0.2) is 0 Å². The molecule has 1 nitrogen and oxygen atoms in total. The minimum absolute atomic E-state index is 0.274. The number of ether oxygens (including phenoxy) is 1. The fraction of sp³-hybridized carbons (Fsp3) is 0.538. The molecular formula is C13H19BrO. The Labute approximate surface area is 101 Å². The summed E-state index contributed by atoms with van der Waals surface area (Å²) < 4.78 is 5.81. The van der Waals surface area contributed by atoms with Crippen LogP contribution in [0.4, 0.5) is 0 Å². The van der Waals surface area contributed by atoms with Gasteiger partial charge in [0.2, 0.25) is 0 Å². The van der Waals surface area contributed by atoms with Gasteiger partial charge in [0.25, 0.3) is 0 Å². The standard InChI is InChI=1S/C13H19BrO/c1-3-13(4-2,10-14)11-15-12-8-6-5-7-9-12/h5-9H,3-4,10-11H2,1-2H3. The van der Waals surface area contributed by atoms with E-state index >= 15 is 0 Å². The lowest BCUT2D eigenvalue weighted by molar-refractivity contribution is 0.158. The average molecular weight is 271 g/mol. The molecule has 0 saturated carbocycles. The van der Waals surface area contributed by atoms with Gasteiger partial charge < -0.3 is 4.74 Å². The number of hydrogen-bond acceptors (Lipinski definition) is 1. The highest BCUT2D eigenvalue weighted by Gasteiger charge is 2.25. The van der Waals surface area contributed by atoms with E-state index in [1.165, 1.54) is 0 Å². The van der Waals surface area contributed by atoms with Crippen molar-refractivity contribution in [1.82, 2.24) is 0 Å². The van der Waals surface area contributed by atoms with Crippen molar-refractivity contribution in [3.63, 3.8) is 0 Å². The Morgan fingerprint density at radius 1 is 1.13 bits per heavy atom. The fourth-order valence-electron chi connectivity index (χ4n) is 1.43. The van der Waals surface area contributed by atoms with Gasteiger partial charge >= 0.3 is 0 Å². The van der Waals surface area contributed by atoms with E-state index in [4.69, 9.17) is 4.74 Å². The van der Waals surface area contributed by atoms with Crippen LogP contribution in [0.5, 0.6) is 5.75 Å². The van der Waals surface area contributed by atoms with E-state index in [9.17, 15) is 0 Å². The van der Waals surface area contributed by atoms with Gasteiger partial charge in [0.1, 0.15) is 5.75 Å². The Hall–Kier alpha value is -0.500. The van der Waals surface area contributed by atoms with Gasteiger partial charge in [-0.2, -0.15) is 0 Å². The summed E-state index contributed by atoms with van der Waals surface area (Å²) in [5.41, 5.74) is 0.274. The van der Waals surface area contributed by atoms with E-state index in [2.05, 4.69) is 29.8 Å². The Kier molecular flexibility index (Phi) is 5.16. The molecule has 0 aliphatic heterocycles. The lowest BCUT2D eigenvalue weighted by Gasteiger charge is -2.29. The molecule has 1 aromatic carbocycles. The third kappa shape index (κ3) is 3.53. The van der Waals surface area contributed by atoms with Gasteiger partial charge in [-0.3, -0.25) is 0 Å². The summed E-state index contributed by atoms with van der Waals surface area (Å²) in [5, 5.41) is 1.000. The second-order valence-corrected chi connectivity index (χ2v) is 4.50. The maximum absolute atomic E-state index is 5.81. The molecule has 0 aliphatic carbocycles. The van der Waals surface area contributed by atoms with E-state index < -0.39 is 0 Å². The molecule has 0 unspecified atom stereocenters. The summed E-state index contributed by atoms with van der Waals surface area (Å²) in [5.74, 6) is 0.963. The van der Waals surface area contributed by atoms with E-state index in [0.29, 0.717) is 0 Å². The molecule has 0 N–H and O–H groups in total. The molecule has 0 heterocycles. The van der Waals surface area contributed by atoms with Crippen LogP contribution in [0, 0.1) is 5.41 Å². The second kappa shape index (κ2) is 6.16. The van der Waals surface area contributed by atoms with Crippen LogP contribution >= 0.6 is 15.9 Å². The summed E-state index contributed by atoms with van der Waals surface area (Å²) in [7, 11) is 0. The molecule has 0 aliphatic rings. The molecule has 0 spiro atoms. The van der Waals surface area contributed by atoms with Crippen molar-refractivity contribution in [2.45, 2.75) is 26.7 Å². The quantitative estimate of drug-likeness (QED) is 0.702. The normalized spacial score (nSPS) is 11.4. The molecule has 0 fully saturated rings. The SMILES string of the molecule is CCC(CC)(CBr)COc1ccccc1. The molecule has 0 saturated heterocycles. The highest BCUT2D eigenvalue weighted by Crippen LogP contribution is 2.29. The molecule has 84 valence electrons. The first kappa shape index (κ1) is 12.6. The zero-order chi connectivity index (χ0) is 11.1. The minimum atomic E-state index is 0.274. The molecule has 1 rings (SSSR count).